The molecule has 0 spiro atoms. The van der Waals surface area contributed by atoms with Crippen LogP contribution in [0.4, 0.5) is 0 Å². The molecule has 1 heterocycles. The predicted molar refractivity (Wildman–Crippen MR) is 149 cm³/mol. The van der Waals surface area contributed by atoms with Crippen molar-refractivity contribution in [3.8, 4) is 0 Å². The van der Waals surface area contributed by atoms with Crippen LogP contribution in [-0.2, 0) is 27.3 Å². The molecule has 0 bridgehead atoms. The van der Waals surface area contributed by atoms with E-state index < -0.39 is 0 Å². The summed E-state index contributed by atoms with van der Waals surface area (Å²) in [7, 11) is 0. The van der Waals surface area contributed by atoms with E-state index in [0.29, 0.717) is 0 Å². The fraction of sp³-hybridized carbons (Fsp3) is 0.500. The second-order valence-corrected chi connectivity index (χ2v) is 10.4. The number of allylic oxidation sites excluding steroid dienone is 2. The van der Waals surface area contributed by atoms with E-state index in [1.54, 1.807) is 14.4 Å². The van der Waals surface area contributed by atoms with Crippen LogP contribution in [0.1, 0.15) is 101 Å². The first-order chi connectivity index (χ1) is 17.1. The summed E-state index contributed by atoms with van der Waals surface area (Å²) in [5.74, 6) is 4.12. The number of benzene rings is 2. The van der Waals surface area contributed by atoms with E-state index in [1.807, 2.05) is 0 Å². The fourth-order valence-electron chi connectivity index (χ4n) is 4.54. The second kappa shape index (κ2) is 16.6. The molecule has 0 saturated carbocycles. The minimum atomic E-state index is 0.903. The first-order valence-corrected chi connectivity index (χ1v) is 15.4. The molecule has 1 aliphatic rings. The SMILES string of the molecule is CCCCCc1cccc(C2=CC(CCCC)=C(c3cccc(CCCCC)c3)[N+]2=[N-])c1.[CH3][Ni][CH3]. The van der Waals surface area contributed by atoms with Crippen LogP contribution in [0.3, 0.4) is 0 Å². The van der Waals surface area contributed by atoms with Crippen molar-refractivity contribution in [3.05, 3.63) is 88.0 Å². The Morgan fingerprint density at radius 3 is 1.74 bits per heavy atom. The van der Waals surface area contributed by atoms with Gasteiger partial charge in [-0.3, -0.25) is 0 Å². The third-order valence-corrected chi connectivity index (χ3v) is 6.42. The molecule has 2 aromatic rings. The van der Waals surface area contributed by atoms with E-state index in [1.165, 1.54) is 59.9 Å². The van der Waals surface area contributed by atoms with E-state index in [2.05, 4.69) is 87.2 Å². The molecule has 0 aromatic heterocycles. The molecule has 0 fully saturated rings. The standard InChI is InChI=1S/C30H40N2.2CH3.Ni/c1-4-7-10-14-24-16-12-19-26(21-24)29-23-28(18-9-6-3)30(32(29)31)27-20-13-17-25(22-27)15-11-8-5-2;;;/h12-13,16-17,19-23H,4-11,14-15,18H2,1-3H3;2*1H3;. The number of rotatable bonds is 13. The second-order valence-electron chi connectivity index (χ2n) is 9.45. The van der Waals surface area contributed by atoms with Gasteiger partial charge in [-0.25, -0.2) is 4.70 Å². The Kier molecular flexibility index (Phi) is 13.9. The molecule has 2 aromatic carbocycles. The van der Waals surface area contributed by atoms with Crippen LogP contribution in [0, 0.1) is 0 Å². The van der Waals surface area contributed by atoms with Gasteiger partial charge in [0.1, 0.15) is 0 Å². The van der Waals surface area contributed by atoms with E-state index in [4.69, 9.17) is 0 Å². The number of unbranched alkanes of at least 4 members (excludes halogenated alkanes) is 5. The first-order valence-electron chi connectivity index (χ1n) is 13.4. The van der Waals surface area contributed by atoms with Gasteiger partial charge in [-0.15, -0.1) is 0 Å². The molecule has 0 unspecified atom stereocenters. The number of aryl methyl sites for hydroxylation is 2. The van der Waals surface area contributed by atoms with Crippen LogP contribution in [0.25, 0.3) is 16.9 Å². The van der Waals surface area contributed by atoms with Gasteiger partial charge >= 0.3 is 26.2 Å². The Hall–Kier alpha value is -1.99. The van der Waals surface area contributed by atoms with Crippen molar-refractivity contribution in [2.75, 3.05) is 0 Å². The van der Waals surface area contributed by atoms with Crippen LogP contribution < -0.4 is 0 Å². The quantitative estimate of drug-likeness (QED) is 0.144. The van der Waals surface area contributed by atoms with E-state index >= 15 is 0 Å². The molecule has 0 radical (unpaired) electrons. The Bertz CT molecular complexity index is 987. The maximum absolute atomic E-state index is 11.3. The first kappa shape index (κ1) is 29.2. The Morgan fingerprint density at radius 1 is 0.686 bits per heavy atom. The molecule has 35 heavy (non-hydrogen) atoms. The number of hydrogen-bond donors (Lipinski definition) is 0. The van der Waals surface area contributed by atoms with E-state index in [9.17, 15) is 5.53 Å². The van der Waals surface area contributed by atoms with Crippen LogP contribution in [0.15, 0.2) is 60.2 Å². The zero-order chi connectivity index (χ0) is 25.5. The van der Waals surface area contributed by atoms with Crippen molar-refractivity contribution < 1.29 is 19.1 Å². The predicted octanol–water partition coefficient (Wildman–Crippen LogP) is 10.3. The average molecular weight is 517 g/mol. The van der Waals surface area contributed by atoms with Crippen molar-refractivity contribution >= 4 is 11.4 Å². The monoisotopic (exact) mass is 516 g/mol. The van der Waals surface area contributed by atoms with Crippen LogP contribution >= 0.6 is 0 Å². The van der Waals surface area contributed by atoms with E-state index in [-0.39, 0.29) is 0 Å². The molecule has 0 atom stereocenters. The van der Waals surface area contributed by atoms with Gasteiger partial charge in [0.25, 0.3) is 0 Å². The number of hydrogen-bond acceptors (Lipinski definition) is 0. The topological polar surface area (TPSA) is 25.3 Å². The molecule has 1 aliphatic heterocycles. The van der Waals surface area contributed by atoms with Crippen molar-refractivity contribution in [3.63, 3.8) is 0 Å². The summed E-state index contributed by atoms with van der Waals surface area (Å²) in [6.45, 7) is 6.72. The molecule has 2 nitrogen and oxygen atoms in total. The molecule has 0 aliphatic carbocycles. The molecular formula is C32H46N2Ni. The van der Waals surface area contributed by atoms with Crippen LogP contribution in [0.5, 0.6) is 0 Å². The minimum absolute atomic E-state index is 0.903. The van der Waals surface area contributed by atoms with Crippen molar-refractivity contribution in [2.45, 2.75) is 103 Å². The summed E-state index contributed by atoms with van der Waals surface area (Å²) >= 11 is 1.62. The molecule has 3 rings (SSSR count). The fourth-order valence-corrected chi connectivity index (χ4v) is 4.54. The van der Waals surface area contributed by atoms with Crippen LogP contribution in [-0.4, -0.2) is 4.70 Å². The summed E-state index contributed by atoms with van der Waals surface area (Å²) < 4.78 is 1.45. The Labute approximate surface area is 221 Å². The van der Waals surface area contributed by atoms with Crippen molar-refractivity contribution in [1.82, 2.24) is 0 Å². The zero-order valence-electron chi connectivity index (χ0n) is 22.7. The molecule has 3 heteroatoms. The summed E-state index contributed by atoms with van der Waals surface area (Å²) in [6, 6.07) is 17.5. The number of nitrogens with zero attached hydrogens (tertiary/aromatic N) is 2. The van der Waals surface area contributed by atoms with Gasteiger partial charge in [0.15, 0.2) is 0 Å². The Morgan fingerprint density at radius 2 is 1.20 bits per heavy atom. The zero-order valence-corrected chi connectivity index (χ0v) is 23.7. The van der Waals surface area contributed by atoms with Gasteiger partial charge in [-0.05, 0) is 73.9 Å². The average Bonchev–Trinajstić information content (AvgIpc) is 3.20. The molecule has 0 saturated heterocycles. The van der Waals surface area contributed by atoms with Gasteiger partial charge in [0.2, 0.25) is 11.4 Å². The van der Waals surface area contributed by atoms with E-state index in [0.717, 1.165) is 54.6 Å². The van der Waals surface area contributed by atoms with Gasteiger partial charge in [0.05, 0.1) is 0 Å². The third kappa shape index (κ3) is 9.19. The molecule has 194 valence electrons. The van der Waals surface area contributed by atoms with Crippen molar-refractivity contribution in [2.24, 2.45) is 0 Å². The Balaban J connectivity index is 0.00000137. The maximum atomic E-state index is 11.3. The summed E-state index contributed by atoms with van der Waals surface area (Å²) in [6.07, 6.45) is 15.1. The molecule has 0 N–H and O–H groups in total. The summed E-state index contributed by atoms with van der Waals surface area (Å²) in [5, 5.41) is 0. The summed E-state index contributed by atoms with van der Waals surface area (Å²) in [5.41, 5.74) is 19.4. The van der Waals surface area contributed by atoms with Crippen molar-refractivity contribution in [1.29, 1.82) is 0 Å². The van der Waals surface area contributed by atoms with Gasteiger partial charge < -0.3 is 5.53 Å². The van der Waals surface area contributed by atoms with Gasteiger partial charge in [-0.1, -0.05) is 77.1 Å². The molecule has 0 amide bonds. The van der Waals surface area contributed by atoms with Crippen LogP contribution in [0.2, 0.25) is 11.8 Å². The summed E-state index contributed by atoms with van der Waals surface area (Å²) in [4.78, 5) is 0. The molecular weight excluding hydrogens is 471 g/mol. The normalized spacial score (nSPS) is 13.2. The third-order valence-electron chi connectivity index (χ3n) is 6.42. The van der Waals surface area contributed by atoms with Gasteiger partial charge in [0, 0.05) is 22.8 Å². The van der Waals surface area contributed by atoms with Gasteiger partial charge in [-0.2, -0.15) is 0 Å².